The third-order valence-corrected chi connectivity index (χ3v) is 6.67. The lowest BCUT2D eigenvalue weighted by Crippen LogP contribution is -2.36. The smallest absolute Gasteiger partial charge is 0.286 e. The standard InChI is InChI=1S/C20H23N3O3S2/c1-2-3-13-23-17-11-7-8-12-18(17)28(25,26)22-20(23)27-15-19(24)21-14-16-9-5-4-6-10-16/h4-12H,2-3,13-15H2,1H3,(H,21,24). The van der Waals surface area contributed by atoms with Crippen molar-refractivity contribution < 1.29 is 13.2 Å². The molecule has 1 aliphatic rings. The number of amidine groups is 1. The molecule has 2 aromatic carbocycles. The number of nitrogens with zero attached hydrogens (tertiary/aromatic N) is 2. The van der Waals surface area contributed by atoms with E-state index >= 15 is 0 Å². The van der Waals surface area contributed by atoms with Gasteiger partial charge in [-0.2, -0.15) is 8.42 Å². The second-order valence-corrected chi connectivity index (χ2v) is 8.89. The first-order chi connectivity index (χ1) is 13.5. The summed E-state index contributed by atoms with van der Waals surface area (Å²) in [5, 5.41) is 3.20. The van der Waals surface area contributed by atoms with Crippen molar-refractivity contribution in [1.29, 1.82) is 0 Å². The van der Waals surface area contributed by atoms with Gasteiger partial charge in [0.25, 0.3) is 10.0 Å². The Bertz CT molecular complexity index is 960. The molecule has 0 aromatic heterocycles. The number of anilines is 1. The number of fused-ring (bicyclic) bond motifs is 1. The minimum Gasteiger partial charge on any atom is -0.351 e. The predicted octanol–water partition coefficient (Wildman–Crippen LogP) is 3.40. The number of rotatable bonds is 7. The van der Waals surface area contributed by atoms with Crippen LogP contribution in [0.4, 0.5) is 5.69 Å². The van der Waals surface area contributed by atoms with Crippen LogP contribution in [0.3, 0.4) is 0 Å². The number of thioether (sulfide) groups is 1. The molecule has 1 aliphatic heterocycles. The van der Waals surface area contributed by atoms with Gasteiger partial charge in [0.15, 0.2) is 5.17 Å². The number of nitrogens with one attached hydrogen (secondary N) is 1. The van der Waals surface area contributed by atoms with Crippen LogP contribution in [0.5, 0.6) is 0 Å². The van der Waals surface area contributed by atoms with Crippen LogP contribution >= 0.6 is 11.8 Å². The second-order valence-electron chi connectivity index (χ2n) is 6.37. The van der Waals surface area contributed by atoms with Crippen molar-refractivity contribution in [1.82, 2.24) is 5.32 Å². The Labute approximate surface area is 170 Å². The summed E-state index contributed by atoms with van der Waals surface area (Å²) in [6.07, 6.45) is 1.87. The summed E-state index contributed by atoms with van der Waals surface area (Å²) >= 11 is 1.15. The van der Waals surface area contributed by atoms with Gasteiger partial charge in [0.1, 0.15) is 4.90 Å². The molecule has 0 bridgehead atoms. The number of sulfonamides is 1. The highest BCUT2D eigenvalue weighted by Crippen LogP contribution is 2.34. The molecule has 0 unspecified atom stereocenters. The van der Waals surface area contributed by atoms with Crippen molar-refractivity contribution in [2.45, 2.75) is 31.2 Å². The maximum atomic E-state index is 12.5. The van der Waals surface area contributed by atoms with E-state index in [0.29, 0.717) is 23.9 Å². The molecule has 1 heterocycles. The third-order valence-electron chi connectivity index (χ3n) is 4.26. The summed E-state index contributed by atoms with van der Waals surface area (Å²) in [5.74, 6) is -0.0605. The van der Waals surface area contributed by atoms with Gasteiger partial charge < -0.3 is 10.2 Å². The normalized spacial score (nSPS) is 14.9. The van der Waals surface area contributed by atoms with Crippen molar-refractivity contribution in [3.8, 4) is 0 Å². The van der Waals surface area contributed by atoms with E-state index in [4.69, 9.17) is 0 Å². The number of hydrogen-bond acceptors (Lipinski definition) is 5. The van der Waals surface area contributed by atoms with Gasteiger partial charge >= 0.3 is 0 Å². The van der Waals surface area contributed by atoms with Crippen LogP contribution < -0.4 is 10.2 Å². The molecule has 148 valence electrons. The zero-order chi connectivity index (χ0) is 20.0. The molecule has 6 nitrogen and oxygen atoms in total. The van der Waals surface area contributed by atoms with Crippen LogP contribution in [-0.2, 0) is 21.4 Å². The van der Waals surface area contributed by atoms with Crippen molar-refractivity contribution in [3.63, 3.8) is 0 Å². The van der Waals surface area contributed by atoms with E-state index in [9.17, 15) is 13.2 Å². The van der Waals surface area contributed by atoms with Crippen LogP contribution in [0.15, 0.2) is 63.9 Å². The molecule has 0 spiro atoms. The number of hydrogen-bond donors (Lipinski definition) is 1. The molecule has 2 aromatic rings. The summed E-state index contributed by atoms with van der Waals surface area (Å²) in [5.41, 5.74) is 1.63. The van der Waals surface area contributed by atoms with Gasteiger partial charge in [-0.05, 0) is 24.1 Å². The zero-order valence-electron chi connectivity index (χ0n) is 15.7. The molecule has 0 atom stereocenters. The van der Waals surface area contributed by atoms with E-state index in [1.54, 1.807) is 18.2 Å². The average Bonchev–Trinajstić information content (AvgIpc) is 2.71. The summed E-state index contributed by atoms with van der Waals surface area (Å²) in [4.78, 5) is 14.3. The Morgan fingerprint density at radius 1 is 1.11 bits per heavy atom. The monoisotopic (exact) mass is 417 g/mol. The van der Waals surface area contributed by atoms with Gasteiger partial charge in [0, 0.05) is 13.1 Å². The Morgan fingerprint density at radius 3 is 2.57 bits per heavy atom. The van der Waals surface area contributed by atoms with Gasteiger partial charge in [-0.1, -0.05) is 67.6 Å². The average molecular weight is 418 g/mol. The number of para-hydroxylation sites is 1. The van der Waals surface area contributed by atoms with Crippen LogP contribution in [0.1, 0.15) is 25.3 Å². The van der Waals surface area contributed by atoms with E-state index in [-0.39, 0.29) is 16.6 Å². The van der Waals surface area contributed by atoms with Crippen LogP contribution in [0.25, 0.3) is 0 Å². The van der Waals surface area contributed by atoms with Crippen LogP contribution in [-0.4, -0.2) is 31.8 Å². The van der Waals surface area contributed by atoms with Gasteiger partial charge in [-0.3, -0.25) is 4.79 Å². The van der Waals surface area contributed by atoms with Crippen molar-refractivity contribution in [3.05, 3.63) is 60.2 Å². The van der Waals surface area contributed by atoms with E-state index in [1.165, 1.54) is 0 Å². The van der Waals surface area contributed by atoms with Gasteiger partial charge in [0.2, 0.25) is 5.91 Å². The molecule has 0 radical (unpaired) electrons. The lowest BCUT2D eigenvalue weighted by Gasteiger charge is -2.30. The first-order valence-corrected chi connectivity index (χ1v) is 11.6. The van der Waals surface area contributed by atoms with Gasteiger partial charge in [-0.25, -0.2) is 0 Å². The number of carbonyl (C=O) groups is 1. The molecular weight excluding hydrogens is 394 g/mol. The third kappa shape index (κ3) is 4.94. The van der Waals surface area contributed by atoms with E-state index < -0.39 is 10.0 Å². The highest BCUT2D eigenvalue weighted by Gasteiger charge is 2.30. The first kappa shape index (κ1) is 20.4. The molecule has 3 rings (SSSR count). The second kappa shape index (κ2) is 9.25. The van der Waals surface area contributed by atoms with Crippen molar-refractivity contribution in [2.75, 3.05) is 17.2 Å². The van der Waals surface area contributed by atoms with Gasteiger partial charge in [-0.15, -0.1) is 4.40 Å². The number of carbonyl (C=O) groups excluding carboxylic acids is 1. The number of unbranched alkanes of at least 4 members (excludes halogenated alkanes) is 1. The summed E-state index contributed by atoms with van der Waals surface area (Å²) in [7, 11) is -3.76. The first-order valence-electron chi connectivity index (χ1n) is 9.16. The fourth-order valence-corrected chi connectivity index (χ4v) is 5.13. The minimum atomic E-state index is -3.76. The lowest BCUT2D eigenvalue weighted by atomic mass is 10.2. The molecule has 1 N–H and O–H groups in total. The minimum absolute atomic E-state index is 0.103. The Kier molecular flexibility index (Phi) is 6.74. The molecule has 28 heavy (non-hydrogen) atoms. The maximum Gasteiger partial charge on any atom is 0.286 e. The SMILES string of the molecule is CCCCN1C(SCC(=O)NCc2ccccc2)=NS(=O)(=O)c2ccccc21. The highest BCUT2D eigenvalue weighted by atomic mass is 32.2. The van der Waals surface area contributed by atoms with E-state index in [0.717, 1.165) is 30.2 Å². The molecule has 8 heteroatoms. The van der Waals surface area contributed by atoms with Gasteiger partial charge in [0.05, 0.1) is 11.4 Å². The lowest BCUT2D eigenvalue weighted by molar-refractivity contribution is -0.118. The Hall–Kier alpha value is -2.32. The largest absolute Gasteiger partial charge is 0.351 e. The quantitative estimate of drug-likeness (QED) is 0.747. The Morgan fingerprint density at radius 2 is 1.82 bits per heavy atom. The number of benzene rings is 2. The summed E-state index contributed by atoms with van der Waals surface area (Å²) in [6, 6.07) is 16.5. The van der Waals surface area contributed by atoms with Crippen LogP contribution in [0, 0.1) is 0 Å². The van der Waals surface area contributed by atoms with E-state index in [2.05, 4.69) is 16.6 Å². The molecule has 1 amide bonds. The fourth-order valence-electron chi connectivity index (χ4n) is 2.82. The van der Waals surface area contributed by atoms with Crippen molar-refractivity contribution >= 4 is 38.5 Å². The molecule has 0 saturated heterocycles. The molecule has 0 fully saturated rings. The fraction of sp³-hybridized carbons (Fsp3) is 0.300. The van der Waals surface area contributed by atoms with E-state index in [1.807, 2.05) is 41.3 Å². The van der Waals surface area contributed by atoms with Crippen molar-refractivity contribution in [2.24, 2.45) is 4.40 Å². The molecule has 0 saturated carbocycles. The predicted molar refractivity (Wildman–Crippen MR) is 114 cm³/mol. The highest BCUT2D eigenvalue weighted by molar-refractivity contribution is 8.15. The molecular formula is C20H23N3O3S2. The summed E-state index contributed by atoms with van der Waals surface area (Å²) < 4.78 is 29.0. The maximum absolute atomic E-state index is 12.5. The molecule has 0 aliphatic carbocycles. The summed E-state index contributed by atoms with van der Waals surface area (Å²) in [6.45, 7) is 3.17. The Balaban J connectivity index is 1.70. The zero-order valence-corrected chi connectivity index (χ0v) is 17.3. The van der Waals surface area contributed by atoms with Crippen LogP contribution in [0.2, 0.25) is 0 Å². The number of amides is 1. The topological polar surface area (TPSA) is 78.8 Å².